The van der Waals surface area contributed by atoms with Crippen molar-refractivity contribution in [2.75, 3.05) is 43.9 Å². The highest BCUT2D eigenvalue weighted by Crippen LogP contribution is 2.18. The van der Waals surface area contributed by atoms with Crippen LogP contribution in [-0.4, -0.2) is 54.5 Å². The second kappa shape index (κ2) is 13.6. The zero-order valence-electron chi connectivity index (χ0n) is 19.2. The van der Waals surface area contributed by atoms with Gasteiger partial charge in [0.15, 0.2) is 12.4 Å². The van der Waals surface area contributed by atoms with Gasteiger partial charge in [-0.25, -0.2) is 4.57 Å². The molecule has 1 aliphatic heterocycles. The predicted molar refractivity (Wildman–Crippen MR) is 137 cm³/mol. The summed E-state index contributed by atoms with van der Waals surface area (Å²) in [7, 11) is 2.09. The fraction of sp³-hybridized carbons (Fsp3) is 0.400. The van der Waals surface area contributed by atoms with Crippen LogP contribution in [0, 0.1) is 4.91 Å². The predicted octanol–water partition coefficient (Wildman–Crippen LogP) is 3.51. The lowest BCUT2D eigenvalue weighted by Gasteiger charge is -2.22. The first-order chi connectivity index (χ1) is 16.2. The summed E-state index contributed by atoms with van der Waals surface area (Å²) in [5.74, 6) is 1.15. The molecule has 1 aliphatic rings. The number of aryl methyl sites for hydroxylation is 1. The van der Waals surface area contributed by atoms with Gasteiger partial charge in [0.25, 0.3) is 0 Å². The van der Waals surface area contributed by atoms with Crippen molar-refractivity contribution >= 4 is 29.6 Å². The quantitative estimate of drug-likeness (QED) is 0.251. The van der Waals surface area contributed by atoms with E-state index in [2.05, 4.69) is 69.9 Å². The molecule has 0 radical (unpaired) electrons. The highest BCUT2D eigenvalue weighted by molar-refractivity contribution is 7.99. The Morgan fingerprint density at radius 1 is 1.12 bits per heavy atom. The van der Waals surface area contributed by atoms with Crippen molar-refractivity contribution < 1.29 is 9.67 Å². The van der Waals surface area contributed by atoms with Gasteiger partial charge in [0.2, 0.25) is 0 Å². The molecule has 0 saturated carbocycles. The molecule has 2 aromatic rings. The number of pyridine rings is 1. The van der Waals surface area contributed by atoms with Crippen molar-refractivity contribution in [1.82, 2.24) is 10.2 Å². The van der Waals surface area contributed by atoms with Crippen LogP contribution >= 0.6 is 11.8 Å². The highest BCUT2D eigenvalue weighted by Gasteiger charge is 2.14. The number of unbranched alkanes of at least 4 members (excludes halogenated alkanes) is 1. The number of hydrogen-bond acceptors (Lipinski definition) is 7. The van der Waals surface area contributed by atoms with Gasteiger partial charge in [0.05, 0.1) is 13.2 Å². The molecule has 1 atom stereocenters. The minimum absolute atomic E-state index is 0.0424. The van der Waals surface area contributed by atoms with Crippen LogP contribution in [0.25, 0.3) is 12.2 Å². The van der Waals surface area contributed by atoms with Crippen LogP contribution in [0.4, 0.5) is 5.69 Å². The zero-order chi connectivity index (χ0) is 23.3. The lowest BCUT2D eigenvalue weighted by molar-refractivity contribution is -0.697. The van der Waals surface area contributed by atoms with E-state index < -0.39 is 0 Å². The van der Waals surface area contributed by atoms with Crippen molar-refractivity contribution in [2.45, 2.75) is 24.9 Å². The Hall–Kier alpha value is -2.84. The third-order valence-electron chi connectivity index (χ3n) is 5.48. The van der Waals surface area contributed by atoms with Crippen molar-refractivity contribution in [3.05, 3.63) is 77.2 Å². The number of hydrogen-bond donors (Lipinski definition) is 2. The molecule has 0 bridgehead atoms. The first kappa shape index (κ1) is 24.8. The largest absolute Gasteiger partial charge is 0.395 e. The molecule has 0 saturated heterocycles. The van der Waals surface area contributed by atoms with Crippen molar-refractivity contribution in [3.8, 4) is 0 Å². The number of nitrogens with one attached hydrogen (secondary N) is 1. The van der Waals surface area contributed by atoms with Crippen LogP contribution in [0.3, 0.4) is 0 Å². The molecule has 8 heteroatoms. The molecule has 0 aliphatic carbocycles. The van der Waals surface area contributed by atoms with E-state index in [1.807, 2.05) is 47.1 Å². The molecule has 7 nitrogen and oxygen atoms in total. The monoisotopic (exact) mass is 468 g/mol. The maximum Gasteiger partial charge on any atom is 0.169 e. The number of benzene rings is 1. The number of aromatic nitrogens is 1. The first-order valence-corrected chi connectivity index (χ1v) is 12.4. The fourth-order valence-electron chi connectivity index (χ4n) is 3.57. The van der Waals surface area contributed by atoms with Gasteiger partial charge in [0.1, 0.15) is 12.0 Å². The number of thioether (sulfide) groups is 1. The van der Waals surface area contributed by atoms with E-state index in [9.17, 15) is 10.0 Å². The molecule has 2 N–H and O–H groups in total. The minimum atomic E-state index is 0.0424. The van der Waals surface area contributed by atoms with Crippen molar-refractivity contribution in [1.29, 1.82) is 0 Å². The average Bonchev–Trinajstić information content (AvgIpc) is 3.26. The SMILES string of the molecule is CN1C=CNC1SCCCC[n+]1ccc(/C=C/c2ccc(N(CCO)CCN=O)cc2)cc1. The Balaban J connectivity index is 1.42. The van der Waals surface area contributed by atoms with E-state index >= 15 is 0 Å². The molecule has 3 rings (SSSR count). The van der Waals surface area contributed by atoms with Gasteiger partial charge >= 0.3 is 0 Å². The summed E-state index contributed by atoms with van der Waals surface area (Å²) < 4.78 is 2.24. The normalized spacial score (nSPS) is 15.2. The second-order valence-corrected chi connectivity index (χ2v) is 9.12. The number of anilines is 1. The Morgan fingerprint density at radius 3 is 2.48 bits per heavy atom. The van der Waals surface area contributed by atoms with E-state index in [1.165, 1.54) is 12.8 Å². The fourth-order valence-corrected chi connectivity index (χ4v) is 4.64. The van der Waals surface area contributed by atoms with Crippen LogP contribution in [0.15, 0.2) is 66.4 Å². The standard InChI is InChI=1S/C25H34N5O2S/c1-28-17-12-26-25(28)33-21-3-2-14-29-15-10-23(11-16-29)5-4-22-6-8-24(9-7-22)30(19-20-31)18-13-27-32/h4-12,15-17,25-26,31H,2-3,13-14,18-21H2,1H3/q+1. The van der Waals surface area contributed by atoms with E-state index in [1.54, 1.807) is 0 Å². The van der Waals surface area contributed by atoms with Crippen molar-refractivity contribution in [2.24, 2.45) is 5.18 Å². The maximum atomic E-state index is 10.4. The highest BCUT2D eigenvalue weighted by atomic mass is 32.2. The molecule has 0 amide bonds. The van der Waals surface area contributed by atoms with Gasteiger partial charge in [-0.2, -0.15) is 4.91 Å². The Bertz CT molecular complexity index is 902. The number of rotatable bonds is 14. The van der Waals surface area contributed by atoms with E-state index in [4.69, 9.17) is 0 Å². The molecule has 0 fully saturated rings. The smallest absolute Gasteiger partial charge is 0.169 e. The molecular weight excluding hydrogens is 434 g/mol. The summed E-state index contributed by atoms with van der Waals surface area (Å²) >= 11 is 1.95. The van der Waals surface area contributed by atoms with Gasteiger partial charge in [-0.3, -0.25) is 0 Å². The van der Waals surface area contributed by atoms with Crippen LogP contribution in [0.2, 0.25) is 0 Å². The lowest BCUT2D eigenvalue weighted by Crippen LogP contribution is -2.32. The second-order valence-electron chi connectivity index (χ2n) is 7.94. The molecule has 0 spiro atoms. The van der Waals surface area contributed by atoms with Gasteiger partial charge in [-0.15, -0.1) is 11.8 Å². The summed E-state index contributed by atoms with van der Waals surface area (Å²) in [4.78, 5) is 14.6. The molecule has 176 valence electrons. The first-order valence-electron chi connectivity index (χ1n) is 11.4. The third-order valence-corrected chi connectivity index (χ3v) is 6.79. The summed E-state index contributed by atoms with van der Waals surface area (Å²) in [6.45, 7) is 2.28. The third kappa shape index (κ3) is 8.22. The lowest BCUT2D eigenvalue weighted by atomic mass is 10.1. The summed E-state index contributed by atoms with van der Waals surface area (Å²) in [5, 5.41) is 15.5. The topological polar surface area (TPSA) is 72.1 Å². The Labute approximate surface area is 200 Å². The Morgan fingerprint density at radius 2 is 1.85 bits per heavy atom. The maximum absolute atomic E-state index is 10.4. The van der Waals surface area contributed by atoms with Gasteiger partial charge in [0, 0.05) is 56.8 Å². The summed E-state index contributed by atoms with van der Waals surface area (Å²) in [6, 6.07) is 12.4. The molecule has 33 heavy (non-hydrogen) atoms. The number of nitroso groups, excluding NO2 is 1. The molecule has 2 heterocycles. The molecular formula is C25H34N5O2S+. The van der Waals surface area contributed by atoms with Crippen LogP contribution in [0.1, 0.15) is 24.0 Å². The number of aliphatic hydroxyl groups is 1. The minimum Gasteiger partial charge on any atom is -0.395 e. The van der Waals surface area contributed by atoms with Crippen LogP contribution < -0.4 is 14.8 Å². The molecule has 1 unspecified atom stereocenters. The van der Waals surface area contributed by atoms with Gasteiger partial charge < -0.3 is 20.2 Å². The van der Waals surface area contributed by atoms with E-state index in [-0.39, 0.29) is 13.2 Å². The van der Waals surface area contributed by atoms with Gasteiger partial charge in [-0.05, 0) is 35.4 Å². The van der Waals surface area contributed by atoms with E-state index in [0.717, 1.165) is 29.1 Å². The number of nitrogens with zero attached hydrogens (tertiary/aromatic N) is 4. The molecule has 1 aromatic heterocycles. The zero-order valence-corrected chi connectivity index (χ0v) is 20.0. The van der Waals surface area contributed by atoms with Crippen molar-refractivity contribution in [3.63, 3.8) is 0 Å². The summed E-state index contributed by atoms with van der Waals surface area (Å²) in [5.41, 5.74) is 3.61. The number of aliphatic hydroxyl groups excluding tert-OH is 1. The van der Waals surface area contributed by atoms with Crippen LogP contribution in [-0.2, 0) is 6.54 Å². The Kier molecular flexibility index (Phi) is 10.3. The molecule has 1 aromatic carbocycles. The van der Waals surface area contributed by atoms with Gasteiger partial charge in [-0.1, -0.05) is 29.5 Å². The van der Waals surface area contributed by atoms with E-state index in [0.29, 0.717) is 18.6 Å². The summed E-state index contributed by atoms with van der Waals surface area (Å²) in [6.07, 6.45) is 14.9. The van der Waals surface area contributed by atoms with Crippen LogP contribution in [0.5, 0.6) is 0 Å². The average molecular weight is 469 g/mol.